The third-order valence-electron chi connectivity index (χ3n) is 4.01. The van der Waals surface area contributed by atoms with Gasteiger partial charge in [0, 0.05) is 18.0 Å². The Morgan fingerprint density at radius 3 is 2.69 bits per heavy atom. The van der Waals surface area contributed by atoms with Crippen molar-refractivity contribution in [3.63, 3.8) is 0 Å². The van der Waals surface area contributed by atoms with Crippen molar-refractivity contribution in [2.75, 3.05) is 19.7 Å². The summed E-state index contributed by atoms with van der Waals surface area (Å²) in [7, 11) is 0. The third-order valence-corrected chi connectivity index (χ3v) is 4.88. The lowest BCUT2D eigenvalue weighted by molar-refractivity contribution is -0.153. The molecule has 0 radical (unpaired) electrons. The van der Waals surface area contributed by atoms with E-state index in [0.717, 1.165) is 4.88 Å². The predicted molar refractivity (Wildman–Crippen MR) is 106 cm³/mol. The van der Waals surface area contributed by atoms with Crippen molar-refractivity contribution in [1.82, 2.24) is 15.5 Å². The van der Waals surface area contributed by atoms with Gasteiger partial charge in [-0.2, -0.15) is 0 Å². The van der Waals surface area contributed by atoms with E-state index >= 15 is 0 Å². The van der Waals surface area contributed by atoms with Gasteiger partial charge in [-0.05, 0) is 45.1 Å². The Kier molecular flexibility index (Phi) is 8.00. The molecule has 0 aliphatic carbocycles. The van der Waals surface area contributed by atoms with E-state index in [0.29, 0.717) is 25.9 Å². The zero-order chi connectivity index (χ0) is 21.4. The molecule has 0 spiro atoms. The molecular formula is C19H27N3O6S. The number of rotatable bonds is 5. The van der Waals surface area contributed by atoms with Crippen LogP contribution in [0, 0.1) is 5.92 Å². The number of likely N-dealkylation sites (tertiary alicyclic amines) is 1. The minimum Gasteiger partial charge on any atom is -0.455 e. The maximum atomic E-state index is 12.2. The second-order valence-corrected chi connectivity index (χ2v) is 8.72. The molecule has 1 aromatic rings. The summed E-state index contributed by atoms with van der Waals surface area (Å²) in [5.74, 6) is -1.83. The highest BCUT2D eigenvalue weighted by Crippen LogP contribution is 2.20. The summed E-state index contributed by atoms with van der Waals surface area (Å²) < 4.78 is 10.3. The zero-order valence-electron chi connectivity index (χ0n) is 16.9. The Balaban J connectivity index is 1.71. The molecule has 9 nitrogen and oxygen atoms in total. The van der Waals surface area contributed by atoms with Crippen LogP contribution in [0.5, 0.6) is 0 Å². The van der Waals surface area contributed by atoms with E-state index in [-0.39, 0.29) is 6.54 Å². The second kappa shape index (κ2) is 10.2. The molecule has 4 amide bonds. The lowest BCUT2D eigenvalue weighted by Crippen LogP contribution is -2.45. The van der Waals surface area contributed by atoms with Crippen molar-refractivity contribution in [1.29, 1.82) is 0 Å². The van der Waals surface area contributed by atoms with Crippen LogP contribution in [0.2, 0.25) is 0 Å². The van der Waals surface area contributed by atoms with Crippen LogP contribution in [0.4, 0.5) is 9.59 Å². The minimum absolute atomic E-state index is 0.177. The SMILES string of the molecule is CC(C)(C)OC(=O)N1CCC[C@@H](C(=O)OCC(=O)NC(=O)NCc2cccs2)C1. The number of hydrogen-bond donors (Lipinski definition) is 2. The van der Waals surface area contributed by atoms with E-state index in [9.17, 15) is 19.2 Å². The summed E-state index contributed by atoms with van der Waals surface area (Å²) in [4.78, 5) is 50.3. The number of esters is 1. The molecule has 29 heavy (non-hydrogen) atoms. The number of carbonyl (C=O) groups is 4. The quantitative estimate of drug-likeness (QED) is 0.700. The Morgan fingerprint density at radius 1 is 1.28 bits per heavy atom. The highest BCUT2D eigenvalue weighted by Gasteiger charge is 2.32. The van der Waals surface area contributed by atoms with Gasteiger partial charge >= 0.3 is 18.1 Å². The van der Waals surface area contributed by atoms with Crippen molar-refractivity contribution in [3.8, 4) is 0 Å². The van der Waals surface area contributed by atoms with Crippen LogP contribution in [0.1, 0.15) is 38.5 Å². The molecule has 0 aromatic carbocycles. The van der Waals surface area contributed by atoms with Gasteiger partial charge in [-0.3, -0.25) is 14.9 Å². The first-order valence-corrected chi connectivity index (χ1v) is 10.3. The summed E-state index contributed by atoms with van der Waals surface area (Å²) in [6.07, 6.45) is 0.715. The standard InChI is InChI=1S/C19H27N3O6S/c1-19(2,3)28-18(26)22-8-4-6-13(11-22)16(24)27-12-15(23)21-17(25)20-10-14-7-5-9-29-14/h5,7,9,13H,4,6,8,10-12H2,1-3H3,(H2,20,21,23,25)/t13-/m1/s1. The average molecular weight is 426 g/mol. The van der Waals surface area contributed by atoms with E-state index in [1.807, 2.05) is 17.5 Å². The van der Waals surface area contributed by atoms with Gasteiger partial charge in [-0.15, -0.1) is 11.3 Å². The molecule has 0 unspecified atom stereocenters. The molecule has 1 aromatic heterocycles. The van der Waals surface area contributed by atoms with Crippen LogP contribution in [-0.4, -0.2) is 54.2 Å². The average Bonchev–Trinajstić information content (AvgIpc) is 3.17. The summed E-state index contributed by atoms with van der Waals surface area (Å²) in [5.41, 5.74) is -0.618. The van der Waals surface area contributed by atoms with E-state index in [4.69, 9.17) is 9.47 Å². The predicted octanol–water partition coefficient (Wildman–Crippen LogP) is 2.26. The van der Waals surface area contributed by atoms with Gasteiger partial charge in [-0.25, -0.2) is 9.59 Å². The fourth-order valence-corrected chi connectivity index (χ4v) is 3.35. The van der Waals surface area contributed by atoms with E-state index in [2.05, 4.69) is 10.6 Å². The topological polar surface area (TPSA) is 114 Å². The first-order valence-electron chi connectivity index (χ1n) is 9.38. The number of nitrogens with one attached hydrogen (secondary N) is 2. The van der Waals surface area contributed by atoms with Gasteiger partial charge in [0.05, 0.1) is 12.5 Å². The van der Waals surface area contributed by atoms with Crippen molar-refractivity contribution in [2.45, 2.75) is 45.8 Å². The molecule has 1 fully saturated rings. The van der Waals surface area contributed by atoms with Gasteiger partial charge in [0.15, 0.2) is 6.61 Å². The number of imide groups is 1. The first kappa shape index (κ1) is 22.7. The summed E-state index contributed by atoms with van der Waals surface area (Å²) in [6.45, 7) is 5.74. The number of carbonyl (C=O) groups excluding carboxylic acids is 4. The van der Waals surface area contributed by atoms with Crippen LogP contribution in [-0.2, 0) is 25.6 Å². The van der Waals surface area contributed by atoms with E-state index in [1.165, 1.54) is 16.2 Å². The van der Waals surface area contributed by atoms with Gasteiger partial charge < -0.3 is 19.7 Å². The Labute approximate surface area is 173 Å². The Morgan fingerprint density at radius 2 is 2.03 bits per heavy atom. The first-order chi connectivity index (χ1) is 13.6. The number of hydrogen-bond acceptors (Lipinski definition) is 7. The Hall–Kier alpha value is -2.62. The summed E-state index contributed by atoms with van der Waals surface area (Å²) >= 11 is 1.49. The molecule has 1 atom stereocenters. The molecule has 1 aliphatic rings. The number of thiophene rings is 1. The van der Waals surface area contributed by atoms with Crippen molar-refractivity contribution >= 4 is 35.3 Å². The van der Waals surface area contributed by atoms with E-state index < -0.39 is 42.1 Å². The molecule has 160 valence electrons. The van der Waals surface area contributed by atoms with Crippen LogP contribution in [0.3, 0.4) is 0 Å². The smallest absolute Gasteiger partial charge is 0.410 e. The third kappa shape index (κ3) is 8.10. The fourth-order valence-electron chi connectivity index (χ4n) is 2.70. The monoisotopic (exact) mass is 425 g/mol. The van der Waals surface area contributed by atoms with Crippen LogP contribution in [0.15, 0.2) is 17.5 Å². The molecular weight excluding hydrogens is 398 g/mol. The van der Waals surface area contributed by atoms with Crippen LogP contribution in [0.25, 0.3) is 0 Å². The maximum Gasteiger partial charge on any atom is 0.410 e. The molecule has 2 N–H and O–H groups in total. The minimum atomic E-state index is -0.721. The molecule has 1 aliphatic heterocycles. The zero-order valence-corrected chi connectivity index (χ0v) is 17.7. The number of urea groups is 1. The lowest BCUT2D eigenvalue weighted by atomic mass is 9.98. The van der Waals surface area contributed by atoms with Crippen molar-refractivity contribution < 1.29 is 28.7 Å². The van der Waals surface area contributed by atoms with Gasteiger partial charge in [-0.1, -0.05) is 6.07 Å². The van der Waals surface area contributed by atoms with Gasteiger partial charge in [0.2, 0.25) is 0 Å². The largest absolute Gasteiger partial charge is 0.455 e. The molecule has 2 heterocycles. The molecule has 1 saturated heterocycles. The number of ether oxygens (including phenoxy) is 2. The Bertz CT molecular complexity index is 729. The van der Waals surface area contributed by atoms with Gasteiger partial charge in [0.25, 0.3) is 5.91 Å². The summed E-state index contributed by atoms with van der Waals surface area (Å²) in [5, 5.41) is 6.54. The fraction of sp³-hybridized carbons (Fsp3) is 0.579. The number of amides is 4. The van der Waals surface area contributed by atoms with Crippen LogP contribution >= 0.6 is 11.3 Å². The normalized spacial score (nSPS) is 16.7. The van der Waals surface area contributed by atoms with Gasteiger partial charge in [0.1, 0.15) is 5.60 Å². The van der Waals surface area contributed by atoms with Crippen LogP contribution < -0.4 is 10.6 Å². The second-order valence-electron chi connectivity index (χ2n) is 7.68. The summed E-state index contributed by atoms with van der Waals surface area (Å²) in [6, 6.07) is 3.06. The number of piperidine rings is 1. The van der Waals surface area contributed by atoms with Crippen molar-refractivity contribution in [3.05, 3.63) is 22.4 Å². The highest BCUT2D eigenvalue weighted by atomic mass is 32.1. The molecule has 2 rings (SSSR count). The highest BCUT2D eigenvalue weighted by molar-refractivity contribution is 7.09. The maximum absolute atomic E-state index is 12.2. The van der Waals surface area contributed by atoms with E-state index in [1.54, 1.807) is 20.8 Å². The molecule has 0 bridgehead atoms. The molecule has 10 heteroatoms. The molecule has 0 saturated carbocycles. The lowest BCUT2D eigenvalue weighted by Gasteiger charge is -2.33. The number of nitrogens with zero attached hydrogens (tertiary/aromatic N) is 1. The van der Waals surface area contributed by atoms with Crippen molar-refractivity contribution in [2.24, 2.45) is 5.92 Å².